The van der Waals surface area contributed by atoms with E-state index in [4.69, 9.17) is 14.2 Å². The molecule has 0 aliphatic carbocycles. The molecule has 0 bridgehead atoms. The Bertz CT molecular complexity index is 599. The molecule has 2 rings (SSSR count). The van der Waals surface area contributed by atoms with E-state index >= 15 is 0 Å². The third-order valence-electron chi connectivity index (χ3n) is 3.29. The van der Waals surface area contributed by atoms with Gasteiger partial charge in [-0.15, -0.1) is 0 Å². The Kier molecular flexibility index (Phi) is 6.10. The molecule has 0 saturated carbocycles. The highest BCUT2D eigenvalue weighted by Crippen LogP contribution is 2.28. The van der Waals surface area contributed by atoms with Gasteiger partial charge in [0.05, 0.1) is 13.7 Å². The molecule has 0 aliphatic rings. The fourth-order valence-corrected chi connectivity index (χ4v) is 2.14. The Morgan fingerprint density at radius 3 is 2.55 bits per heavy atom. The molecule has 0 fully saturated rings. The molecule has 0 unspecified atom stereocenters. The summed E-state index contributed by atoms with van der Waals surface area (Å²) in [5.41, 5.74) is 3.48. The zero-order valence-corrected chi connectivity index (χ0v) is 13.4. The lowest BCUT2D eigenvalue weighted by Gasteiger charge is -2.13. The summed E-state index contributed by atoms with van der Waals surface area (Å²) in [5, 5.41) is 3.41. The quantitative estimate of drug-likeness (QED) is 0.756. The van der Waals surface area contributed by atoms with Crippen molar-refractivity contribution >= 4 is 5.69 Å². The van der Waals surface area contributed by atoms with Crippen LogP contribution in [0.25, 0.3) is 0 Å². The number of methoxy groups -OCH3 is 2. The lowest BCUT2D eigenvalue weighted by Crippen LogP contribution is -2.06. The first-order valence-electron chi connectivity index (χ1n) is 7.32. The number of aryl methyl sites for hydroxylation is 1. The monoisotopic (exact) mass is 301 g/mol. The Labute approximate surface area is 132 Å². The lowest BCUT2D eigenvalue weighted by atomic mass is 10.2. The predicted octanol–water partition coefficient (Wildman–Crippen LogP) is 3.64. The number of hydrogen-bond donors (Lipinski definition) is 1. The number of ether oxygens (including phenoxy) is 3. The predicted molar refractivity (Wildman–Crippen MR) is 88.9 cm³/mol. The van der Waals surface area contributed by atoms with E-state index in [2.05, 4.69) is 30.4 Å². The van der Waals surface area contributed by atoms with E-state index in [1.807, 2.05) is 24.3 Å². The second-order valence-corrected chi connectivity index (χ2v) is 5.05. The van der Waals surface area contributed by atoms with Crippen molar-refractivity contribution < 1.29 is 14.2 Å². The summed E-state index contributed by atoms with van der Waals surface area (Å²) in [5.74, 6) is 1.47. The summed E-state index contributed by atoms with van der Waals surface area (Å²) in [6, 6.07) is 14.3. The molecule has 0 spiro atoms. The molecule has 22 heavy (non-hydrogen) atoms. The third kappa shape index (κ3) is 4.67. The Hall–Kier alpha value is -2.20. The van der Waals surface area contributed by atoms with Crippen molar-refractivity contribution in [1.29, 1.82) is 0 Å². The summed E-state index contributed by atoms with van der Waals surface area (Å²) in [6.07, 6.45) is 0. The topological polar surface area (TPSA) is 39.7 Å². The highest BCUT2D eigenvalue weighted by molar-refractivity contribution is 5.48. The van der Waals surface area contributed by atoms with Crippen LogP contribution in [0.5, 0.6) is 11.5 Å². The number of rotatable bonds is 8. The SMILES string of the molecule is COCCOc1cc(CNc2cccc(C)c2)ccc1OC. The van der Waals surface area contributed by atoms with E-state index in [1.54, 1.807) is 14.2 Å². The molecule has 0 aliphatic heterocycles. The van der Waals surface area contributed by atoms with Crippen LogP contribution in [0.4, 0.5) is 5.69 Å². The molecule has 0 amide bonds. The zero-order chi connectivity index (χ0) is 15.8. The maximum absolute atomic E-state index is 5.70. The summed E-state index contributed by atoms with van der Waals surface area (Å²) < 4.78 is 16.0. The first-order valence-corrected chi connectivity index (χ1v) is 7.32. The summed E-state index contributed by atoms with van der Waals surface area (Å²) in [7, 11) is 3.30. The molecule has 118 valence electrons. The van der Waals surface area contributed by atoms with E-state index < -0.39 is 0 Å². The van der Waals surface area contributed by atoms with E-state index in [0.29, 0.717) is 13.2 Å². The minimum Gasteiger partial charge on any atom is -0.493 e. The Balaban J connectivity index is 2.02. The third-order valence-corrected chi connectivity index (χ3v) is 3.29. The molecule has 0 heterocycles. The second-order valence-electron chi connectivity index (χ2n) is 5.05. The van der Waals surface area contributed by atoms with E-state index in [1.165, 1.54) is 5.56 Å². The van der Waals surface area contributed by atoms with Crippen molar-refractivity contribution in [2.24, 2.45) is 0 Å². The molecule has 2 aromatic rings. The van der Waals surface area contributed by atoms with E-state index in [-0.39, 0.29) is 0 Å². The van der Waals surface area contributed by atoms with E-state index in [0.717, 1.165) is 29.3 Å². The average molecular weight is 301 g/mol. The van der Waals surface area contributed by atoms with Crippen molar-refractivity contribution in [3.63, 3.8) is 0 Å². The van der Waals surface area contributed by atoms with Gasteiger partial charge >= 0.3 is 0 Å². The number of anilines is 1. The number of hydrogen-bond acceptors (Lipinski definition) is 4. The first kappa shape index (κ1) is 16.2. The van der Waals surface area contributed by atoms with Crippen molar-refractivity contribution in [2.75, 3.05) is 32.8 Å². The highest BCUT2D eigenvalue weighted by atomic mass is 16.5. The molecule has 0 radical (unpaired) electrons. The molecular weight excluding hydrogens is 278 g/mol. The molecule has 1 N–H and O–H groups in total. The fourth-order valence-electron chi connectivity index (χ4n) is 2.14. The van der Waals surface area contributed by atoms with Gasteiger partial charge in [0.1, 0.15) is 6.61 Å². The smallest absolute Gasteiger partial charge is 0.161 e. The summed E-state index contributed by atoms with van der Waals surface area (Å²) >= 11 is 0. The van der Waals surface area contributed by atoms with Crippen LogP contribution in [0.3, 0.4) is 0 Å². The zero-order valence-electron chi connectivity index (χ0n) is 13.4. The van der Waals surface area contributed by atoms with Gasteiger partial charge in [-0.25, -0.2) is 0 Å². The molecule has 4 heteroatoms. The molecule has 4 nitrogen and oxygen atoms in total. The molecule has 0 atom stereocenters. The maximum Gasteiger partial charge on any atom is 0.161 e. The van der Waals surface area contributed by atoms with Gasteiger partial charge in [0.25, 0.3) is 0 Å². The van der Waals surface area contributed by atoms with Gasteiger partial charge < -0.3 is 19.5 Å². The highest BCUT2D eigenvalue weighted by Gasteiger charge is 2.06. The number of nitrogens with one attached hydrogen (secondary N) is 1. The molecule has 0 aromatic heterocycles. The van der Waals surface area contributed by atoms with Crippen LogP contribution < -0.4 is 14.8 Å². The lowest BCUT2D eigenvalue weighted by molar-refractivity contribution is 0.144. The Morgan fingerprint density at radius 2 is 1.82 bits per heavy atom. The van der Waals surface area contributed by atoms with Crippen LogP contribution in [0.2, 0.25) is 0 Å². The molecular formula is C18H23NO3. The van der Waals surface area contributed by atoms with Gasteiger partial charge in [-0.1, -0.05) is 18.2 Å². The molecule has 2 aromatic carbocycles. The largest absolute Gasteiger partial charge is 0.493 e. The maximum atomic E-state index is 5.70. The second kappa shape index (κ2) is 8.29. The van der Waals surface area contributed by atoms with Gasteiger partial charge in [0.2, 0.25) is 0 Å². The summed E-state index contributed by atoms with van der Waals surface area (Å²) in [4.78, 5) is 0. The van der Waals surface area contributed by atoms with Crippen LogP contribution in [0.1, 0.15) is 11.1 Å². The molecule has 0 saturated heterocycles. The standard InChI is InChI=1S/C18H23NO3/c1-14-5-4-6-16(11-14)19-13-15-7-8-17(21-3)18(12-15)22-10-9-20-2/h4-8,11-12,19H,9-10,13H2,1-3H3. The minimum atomic E-state index is 0.502. The first-order chi connectivity index (χ1) is 10.7. The van der Waals surface area contributed by atoms with Crippen LogP contribution >= 0.6 is 0 Å². The van der Waals surface area contributed by atoms with Crippen molar-refractivity contribution in [1.82, 2.24) is 0 Å². The summed E-state index contributed by atoms with van der Waals surface area (Å²) in [6.45, 7) is 3.87. The fraction of sp³-hybridized carbons (Fsp3) is 0.333. The number of benzene rings is 2. The van der Waals surface area contributed by atoms with Gasteiger partial charge in [-0.2, -0.15) is 0 Å². The van der Waals surface area contributed by atoms with Crippen molar-refractivity contribution in [2.45, 2.75) is 13.5 Å². The normalized spacial score (nSPS) is 10.3. The van der Waals surface area contributed by atoms with Gasteiger partial charge in [-0.05, 0) is 42.3 Å². The van der Waals surface area contributed by atoms with Crippen LogP contribution in [-0.4, -0.2) is 27.4 Å². The van der Waals surface area contributed by atoms with Gasteiger partial charge in [0.15, 0.2) is 11.5 Å². The van der Waals surface area contributed by atoms with Gasteiger partial charge in [-0.3, -0.25) is 0 Å². The average Bonchev–Trinajstić information content (AvgIpc) is 2.53. The van der Waals surface area contributed by atoms with Crippen molar-refractivity contribution in [3.8, 4) is 11.5 Å². The van der Waals surface area contributed by atoms with Crippen molar-refractivity contribution in [3.05, 3.63) is 53.6 Å². The van der Waals surface area contributed by atoms with Gasteiger partial charge in [0, 0.05) is 19.3 Å². The van der Waals surface area contributed by atoms with Crippen LogP contribution in [0.15, 0.2) is 42.5 Å². The Morgan fingerprint density at radius 1 is 0.955 bits per heavy atom. The van der Waals surface area contributed by atoms with Crippen LogP contribution in [-0.2, 0) is 11.3 Å². The van der Waals surface area contributed by atoms with Crippen LogP contribution in [0, 0.1) is 6.92 Å². The van der Waals surface area contributed by atoms with E-state index in [9.17, 15) is 0 Å². The minimum absolute atomic E-state index is 0.502.